The average Bonchev–Trinajstić information content (AvgIpc) is 2.52. The molecule has 1 heterocycles. The number of unbranched alkanes of at least 4 members (excludes halogenated alkanes) is 1. The van der Waals surface area contributed by atoms with Crippen molar-refractivity contribution >= 4 is 0 Å². The van der Waals surface area contributed by atoms with Crippen LogP contribution in [0.4, 0.5) is 0 Å². The molecule has 3 heteroatoms. The molecule has 1 aromatic rings. The van der Waals surface area contributed by atoms with Gasteiger partial charge in [-0.25, -0.2) is 0 Å². The molecule has 74 valence electrons. The molecule has 0 aliphatic rings. The van der Waals surface area contributed by atoms with E-state index in [1.54, 1.807) is 0 Å². The highest BCUT2D eigenvalue weighted by Crippen LogP contribution is 2.09. The summed E-state index contributed by atoms with van der Waals surface area (Å²) in [7, 11) is 1.95. The fourth-order valence-electron chi connectivity index (χ4n) is 1.28. The van der Waals surface area contributed by atoms with Crippen molar-refractivity contribution in [2.45, 2.75) is 32.7 Å². The minimum Gasteiger partial charge on any atom is -0.310 e. The van der Waals surface area contributed by atoms with Gasteiger partial charge in [0.2, 0.25) is 0 Å². The summed E-state index contributed by atoms with van der Waals surface area (Å²) in [6.45, 7) is 5.47. The maximum absolute atomic E-state index is 4.14. The maximum atomic E-state index is 4.14. The highest BCUT2D eigenvalue weighted by molar-refractivity contribution is 5.08. The minimum absolute atomic E-state index is 0.417. The largest absolute Gasteiger partial charge is 0.310 e. The highest BCUT2D eigenvalue weighted by atomic mass is 15.2. The number of rotatable bonds is 5. The summed E-state index contributed by atoms with van der Waals surface area (Å²) in [6, 6.07) is 0.417. The lowest BCUT2D eigenvalue weighted by Crippen LogP contribution is -2.19. The first kappa shape index (κ1) is 10.3. The summed E-state index contributed by atoms with van der Waals surface area (Å²) in [5.41, 5.74) is 1.26. The number of nitrogens with one attached hydrogen (secondary N) is 1. The molecule has 0 amide bonds. The van der Waals surface area contributed by atoms with Crippen LogP contribution in [0.3, 0.4) is 0 Å². The number of hydrogen-bond acceptors (Lipinski definition) is 2. The predicted molar refractivity (Wildman–Crippen MR) is 54.5 cm³/mol. The first-order valence-corrected chi connectivity index (χ1v) is 4.96. The SMILES string of the molecule is CCCCN[C@H](C)c1cnn(C)c1. The highest BCUT2D eigenvalue weighted by Gasteiger charge is 2.05. The Labute approximate surface area is 80.1 Å². The van der Waals surface area contributed by atoms with Crippen LogP contribution in [0.25, 0.3) is 0 Å². The molecule has 0 saturated carbocycles. The summed E-state index contributed by atoms with van der Waals surface area (Å²) in [6.07, 6.45) is 6.46. The van der Waals surface area contributed by atoms with Crippen LogP contribution in [0.15, 0.2) is 12.4 Å². The lowest BCUT2D eigenvalue weighted by atomic mass is 10.2. The topological polar surface area (TPSA) is 29.9 Å². The van der Waals surface area contributed by atoms with Crippen molar-refractivity contribution in [1.82, 2.24) is 15.1 Å². The van der Waals surface area contributed by atoms with Crippen molar-refractivity contribution < 1.29 is 0 Å². The zero-order chi connectivity index (χ0) is 9.68. The number of nitrogens with zero attached hydrogens (tertiary/aromatic N) is 2. The van der Waals surface area contributed by atoms with E-state index in [1.165, 1.54) is 18.4 Å². The van der Waals surface area contributed by atoms with Gasteiger partial charge in [0.25, 0.3) is 0 Å². The van der Waals surface area contributed by atoms with E-state index in [4.69, 9.17) is 0 Å². The van der Waals surface area contributed by atoms with Gasteiger partial charge >= 0.3 is 0 Å². The van der Waals surface area contributed by atoms with Crippen LogP contribution in [0, 0.1) is 0 Å². The van der Waals surface area contributed by atoms with Gasteiger partial charge in [0.05, 0.1) is 6.20 Å². The molecule has 0 aliphatic carbocycles. The first-order valence-electron chi connectivity index (χ1n) is 4.96. The molecule has 1 N–H and O–H groups in total. The van der Waals surface area contributed by atoms with Gasteiger partial charge in [-0.15, -0.1) is 0 Å². The third-order valence-corrected chi connectivity index (χ3v) is 2.21. The van der Waals surface area contributed by atoms with Gasteiger partial charge in [0.15, 0.2) is 0 Å². The van der Waals surface area contributed by atoms with E-state index < -0.39 is 0 Å². The third-order valence-electron chi connectivity index (χ3n) is 2.21. The van der Waals surface area contributed by atoms with E-state index in [-0.39, 0.29) is 0 Å². The molecular formula is C10H19N3. The van der Waals surface area contributed by atoms with Crippen LogP contribution < -0.4 is 5.32 Å². The van der Waals surface area contributed by atoms with Gasteiger partial charge in [-0.3, -0.25) is 4.68 Å². The standard InChI is InChI=1S/C10H19N3/c1-4-5-6-11-9(2)10-7-12-13(3)8-10/h7-9,11H,4-6H2,1-3H3/t9-/m1/s1. The molecule has 0 saturated heterocycles. The molecule has 1 aromatic heterocycles. The normalized spacial score (nSPS) is 13.2. The molecule has 1 atom stereocenters. The Balaban J connectivity index is 2.35. The lowest BCUT2D eigenvalue weighted by Gasteiger charge is -2.10. The Bertz CT molecular complexity index is 242. The number of aryl methyl sites for hydroxylation is 1. The Morgan fingerprint density at radius 1 is 1.62 bits per heavy atom. The van der Waals surface area contributed by atoms with E-state index in [0.29, 0.717) is 6.04 Å². The smallest absolute Gasteiger partial charge is 0.0537 e. The summed E-state index contributed by atoms with van der Waals surface area (Å²) in [4.78, 5) is 0. The van der Waals surface area contributed by atoms with E-state index in [2.05, 4.69) is 30.5 Å². The Morgan fingerprint density at radius 2 is 2.38 bits per heavy atom. The molecule has 0 bridgehead atoms. The second-order valence-electron chi connectivity index (χ2n) is 3.48. The second kappa shape index (κ2) is 5.02. The van der Waals surface area contributed by atoms with Crippen LogP contribution in [0.5, 0.6) is 0 Å². The fourth-order valence-corrected chi connectivity index (χ4v) is 1.28. The molecule has 0 unspecified atom stereocenters. The van der Waals surface area contributed by atoms with Gasteiger partial charge in [-0.05, 0) is 19.9 Å². The molecule has 0 aliphatic heterocycles. The number of hydrogen-bond donors (Lipinski definition) is 1. The molecule has 1 rings (SSSR count). The van der Waals surface area contributed by atoms with Crippen molar-refractivity contribution in [3.05, 3.63) is 18.0 Å². The van der Waals surface area contributed by atoms with Gasteiger partial charge in [-0.2, -0.15) is 5.10 Å². The lowest BCUT2D eigenvalue weighted by molar-refractivity contribution is 0.554. The van der Waals surface area contributed by atoms with E-state index in [0.717, 1.165) is 6.54 Å². The molecule has 0 fully saturated rings. The Morgan fingerprint density at radius 3 is 2.92 bits per heavy atom. The summed E-state index contributed by atoms with van der Waals surface area (Å²) < 4.78 is 1.84. The molecule has 3 nitrogen and oxygen atoms in total. The third kappa shape index (κ3) is 3.19. The zero-order valence-corrected chi connectivity index (χ0v) is 8.75. The minimum atomic E-state index is 0.417. The van der Waals surface area contributed by atoms with E-state index >= 15 is 0 Å². The monoisotopic (exact) mass is 181 g/mol. The van der Waals surface area contributed by atoms with Crippen molar-refractivity contribution in [3.8, 4) is 0 Å². The molecule has 0 spiro atoms. The van der Waals surface area contributed by atoms with Crippen molar-refractivity contribution in [2.24, 2.45) is 7.05 Å². The summed E-state index contributed by atoms with van der Waals surface area (Å²) in [5, 5.41) is 7.60. The average molecular weight is 181 g/mol. The predicted octanol–water partition coefficient (Wildman–Crippen LogP) is 1.87. The maximum Gasteiger partial charge on any atom is 0.0537 e. The van der Waals surface area contributed by atoms with Crippen LogP contribution in [-0.2, 0) is 7.05 Å². The summed E-state index contributed by atoms with van der Waals surface area (Å²) >= 11 is 0. The second-order valence-corrected chi connectivity index (χ2v) is 3.48. The quantitative estimate of drug-likeness (QED) is 0.703. The Hall–Kier alpha value is -0.830. The van der Waals surface area contributed by atoms with Crippen molar-refractivity contribution in [3.63, 3.8) is 0 Å². The van der Waals surface area contributed by atoms with Gasteiger partial charge in [0, 0.05) is 24.8 Å². The zero-order valence-electron chi connectivity index (χ0n) is 8.75. The van der Waals surface area contributed by atoms with Crippen LogP contribution in [0.1, 0.15) is 38.3 Å². The molecule has 13 heavy (non-hydrogen) atoms. The van der Waals surface area contributed by atoms with E-state index in [1.807, 2.05) is 17.9 Å². The summed E-state index contributed by atoms with van der Waals surface area (Å²) in [5.74, 6) is 0. The van der Waals surface area contributed by atoms with Crippen LogP contribution >= 0.6 is 0 Å². The number of aromatic nitrogens is 2. The van der Waals surface area contributed by atoms with Gasteiger partial charge < -0.3 is 5.32 Å². The van der Waals surface area contributed by atoms with Crippen molar-refractivity contribution in [2.75, 3.05) is 6.54 Å². The van der Waals surface area contributed by atoms with E-state index in [9.17, 15) is 0 Å². The molecule has 0 aromatic carbocycles. The first-order chi connectivity index (χ1) is 6.24. The van der Waals surface area contributed by atoms with Gasteiger partial charge in [0.1, 0.15) is 0 Å². The fraction of sp³-hybridized carbons (Fsp3) is 0.700. The molecule has 0 radical (unpaired) electrons. The Kier molecular flexibility index (Phi) is 3.96. The van der Waals surface area contributed by atoms with Crippen LogP contribution in [0.2, 0.25) is 0 Å². The molecular weight excluding hydrogens is 162 g/mol. The van der Waals surface area contributed by atoms with Crippen LogP contribution in [-0.4, -0.2) is 16.3 Å². The van der Waals surface area contributed by atoms with Crippen molar-refractivity contribution in [1.29, 1.82) is 0 Å². The van der Waals surface area contributed by atoms with Gasteiger partial charge in [-0.1, -0.05) is 13.3 Å².